The van der Waals surface area contributed by atoms with Crippen LogP contribution in [0.25, 0.3) is 0 Å². The lowest BCUT2D eigenvalue weighted by Crippen LogP contribution is -2.52. The van der Waals surface area contributed by atoms with Gasteiger partial charge in [0.25, 0.3) is 10.0 Å². The van der Waals surface area contributed by atoms with E-state index >= 15 is 0 Å². The molecule has 184 valence electrons. The summed E-state index contributed by atoms with van der Waals surface area (Å²) in [4.78, 5) is 17.3. The predicted molar refractivity (Wildman–Crippen MR) is 137 cm³/mol. The summed E-state index contributed by atoms with van der Waals surface area (Å²) in [7, 11) is -3.96. The number of carbonyl (C=O) groups is 1. The SMILES string of the molecule is CCc1ccccc1N(CC(=O)N1CCN(c2ccc(F)cc2)CC1)S(=O)(=O)c1ccc(C)cc1. The Kier molecular flexibility index (Phi) is 7.40. The molecule has 0 unspecified atom stereocenters. The third-order valence-corrected chi connectivity index (χ3v) is 8.13. The monoisotopic (exact) mass is 495 g/mol. The summed E-state index contributed by atoms with van der Waals surface area (Å²) in [5, 5.41) is 0. The van der Waals surface area contributed by atoms with Crippen LogP contribution in [0.4, 0.5) is 15.8 Å². The average molecular weight is 496 g/mol. The number of rotatable bonds is 7. The summed E-state index contributed by atoms with van der Waals surface area (Å²) in [6.45, 7) is 5.70. The first-order chi connectivity index (χ1) is 16.8. The van der Waals surface area contributed by atoms with Gasteiger partial charge >= 0.3 is 0 Å². The number of hydrogen-bond donors (Lipinski definition) is 0. The molecule has 0 spiro atoms. The molecule has 0 aromatic heterocycles. The minimum atomic E-state index is -3.96. The van der Waals surface area contributed by atoms with Crippen LogP contribution in [0.2, 0.25) is 0 Å². The molecule has 1 aliphatic rings. The van der Waals surface area contributed by atoms with Gasteiger partial charge in [0.15, 0.2) is 0 Å². The van der Waals surface area contributed by atoms with Gasteiger partial charge in [-0.1, -0.05) is 42.8 Å². The second-order valence-corrected chi connectivity index (χ2v) is 10.5. The number of para-hydroxylation sites is 1. The van der Waals surface area contributed by atoms with Crippen molar-refractivity contribution >= 4 is 27.3 Å². The number of aryl methyl sites for hydroxylation is 2. The highest BCUT2D eigenvalue weighted by Crippen LogP contribution is 2.28. The fourth-order valence-electron chi connectivity index (χ4n) is 4.28. The van der Waals surface area contributed by atoms with Gasteiger partial charge in [0.1, 0.15) is 12.4 Å². The molecule has 0 saturated carbocycles. The quantitative estimate of drug-likeness (QED) is 0.492. The van der Waals surface area contributed by atoms with Gasteiger partial charge in [-0.05, 0) is 61.4 Å². The van der Waals surface area contributed by atoms with Gasteiger partial charge in [0.05, 0.1) is 10.6 Å². The van der Waals surface area contributed by atoms with Gasteiger partial charge in [-0.3, -0.25) is 9.10 Å². The van der Waals surface area contributed by atoms with Crippen LogP contribution in [0, 0.1) is 12.7 Å². The zero-order valence-corrected chi connectivity index (χ0v) is 20.8. The maximum atomic E-state index is 13.7. The molecule has 35 heavy (non-hydrogen) atoms. The second kappa shape index (κ2) is 10.5. The molecule has 0 radical (unpaired) electrons. The molecule has 8 heteroatoms. The Hall–Kier alpha value is -3.39. The maximum Gasteiger partial charge on any atom is 0.264 e. The number of carbonyl (C=O) groups excluding carboxylic acids is 1. The number of amides is 1. The highest BCUT2D eigenvalue weighted by molar-refractivity contribution is 7.92. The fourth-order valence-corrected chi connectivity index (χ4v) is 5.73. The van der Waals surface area contributed by atoms with E-state index in [1.165, 1.54) is 16.4 Å². The third-order valence-electron chi connectivity index (χ3n) is 6.35. The number of nitrogens with zero attached hydrogens (tertiary/aromatic N) is 3. The zero-order valence-electron chi connectivity index (χ0n) is 20.0. The van der Waals surface area contributed by atoms with Crippen molar-refractivity contribution in [1.82, 2.24) is 4.90 Å². The van der Waals surface area contributed by atoms with E-state index in [0.29, 0.717) is 38.3 Å². The minimum absolute atomic E-state index is 0.155. The minimum Gasteiger partial charge on any atom is -0.368 e. The molecule has 6 nitrogen and oxygen atoms in total. The Balaban J connectivity index is 1.56. The number of hydrogen-bond acceptors (Lipinski definition) is 4. The van der Waals surface area contributed by atoms with Crippen LogP contribution in [0.15, 0.2) is 77.7 Å². The predicted octanol–water partition coefficient (Wildman–Crippen LogP) is 4.24. The van der Waals surface area contributed by atoms with E-state index in [0.717, 1.165) is 16.8 Å². The van der Waals surface area contributed by atoms with E-state index in [2.05, 4.69) is 4.90 Å². The van der Waals surface area contributed by atoms with Crippen LogP contribution in [-0.4, -0.2) is 51.9 Å². The summed E-state index contributed by atoms with van der Waals surface area (Å²) >= 11 is 0. The van der Waals surface area contributed by atoms with Crippen molar-refractivity contribution in [1.29, 1.82) is 0 Å². The lowest BCUT2D eigenvalue weighted by atomic mass is 10.1. The first-order valence-electron chi connectivity index (χ1n) is 11.7. The van der Waals surface area contributed by atoms with Gasteiger partial charge in [0, 0.05) is 31.9 Å². The lowest BCUT2D eigenvalue weighted by Gasteiger charge is -2.37. The number of halogens is 1. The largest absolute Gasteiger partial charge is 0.368 e. The zero-order chi connectivity index (χ0) is 25.0. The normalized spacial score (nSPS) is 14.1. The Morgan fingerprint density at radius 1 is 0.914 bits per heavy atom. The molecule has 0 N–H and O–H groups in total. The molecule has 1 saturated heterocycles. The summed E-state index contributed by atoms with van der Waals surface area (Å²) in [5.41, 5.74) is 3.24. The van der Waals surface area contributed by atoms with Crippen molar-refractivity contribution in [3.05, 3.63) is 89.7 Å². The van der Waals surface area contributed by atoms with E-state index in [-0.39, 0.29) is 23.2 Å². The molecule has 1 heterocycles. The molecule has 1 fully saturated rings. The van der Waals surface area contributed by atoms with Crippen molar-refractivity contribution in [3.8, 4) is 0 Å². The standard InChI is InChI=1S/C27H30FN3O3S/c1-3-22-6-4-5-7-26(22)31(35(33,34)25-14-8-21(2)9-15-25)20-27(32)30-18-16-29(17-19-30)24-12-10-23(28)11-13-24/h4-15H,3,16-20H2,1-2H3. The van der Waals surface area contributed by atoms with Crippen LogP contribution < -0.4 is 9.21 Å². The Labute approximate surface area is 206 Å². The summed E-state index contributed by atoms with van der Waals surface area (Å²) in [6, 6.07) is 20.3. The van der Waals surface area contributed by atoms with E-state index < -0.39 is 10.0 Å². The van der Waals surface area contributed by atoms with Crippen molar-refractivity contribution in [2.75, 3.05) is 41.9 Å². The molecular formula is C27H30FN3O3S. The van der Waals surface area contributed by atoms with Crippen molar-refractivity contribution in [2.24, 2.45) is 0 Å². The molecule has 1 aliphatic heterocycles. The van der Waals surface area contributed by atoms with E-state index in [4.69, 9.17) is 0 Å². The number of anilines is 2. The maximum absolute atomic E-state index is 13.7. The first kappa shape index (κ1) is 24.7. The number of sulfonamides is 1. The van der Waals surface area contributed by atoms with Crippen LogP contribution in [0.1, 0.15) is 18.1 Å². The second-order valence-electron chi connectivity index (χ2n) is 8.65. The van der Waals surface area contributed by atoms with Gasteiger partial charge in [-0.25, -0.2) is 12.8 Å². The van der Waals surface area contributed by atoms with Crippen molar-refractivity contribution < 1.29 is 17.6 Å². The van der Waals surface area contributed by atoms with Crippen molar-refractivity contribution in [2.45, 2.75) is 25.2 Å². The van der Waals surface area contributed by atoms with Gasteiger partial charge in [-0.2, -0.15) is 0 Å². The van der Waals surface area contributed by atoms with Crippen LogP contribution in [0.5, 0.6) is 0 Å². The fraction of sp³-hybridized carbons (Fsp3) is 0.296. The Bertz CT molecular complexity index is 1270. The molecule has 0 atom stereocenters. The Morgan fingerprint density at radius 2 is 1.54 bits per heavy atom. The van der Waals surface area contributed by atoms with Gasteiger partial charge < -0.3 is 9.80 Å². The van der Waals surface area contributed by atoms with Crippen LogP contribution >= 0.6 is 0 Å². The topological polar surface area (TPSA) is 60.9 Å². The Morgan fingerprint density at radius 3 is 2.17 bits per heavy atom. The summed E-state index contributed by atoms with van der Waals surface area (Å²) in [6.07, 6.45) is 0.640. The average Bonchev–Trinajstić information content (AvgIpc) is 2.88. The lowest BCUT2D eigenvalue weighted by molar-refractivity contribution is -0.129. The summed E-state index contributed by atoms with van der Waals surface area (Å²) < 4.78 is 41.9. The smallest absolute Gasteiger partial charge is 0.264 e. The molecule has 3 aromatic carbocycles. The number of benzene rings is 3. The van der Waals surface area contributed by atoms with Crippen LogP contribution in [-0.2, 0) is 21.2 Å². The molecule has 1 amide bonds. The molecule has 4 rings (SSSR count). The molecule has 0 bridgehead atoms. The van der Waals surface area contributed by atoms with E-state index in [1.54, 1.807) is 53.4 Å². The molecule has 3 aromatic rings. The van der Waals surface area contributed by atoms with Gasteiger partial charge in [0.2, 0.25) is 5.91 Å². The first-order valence-corrected chi connectivity index (χ1v) is 13.2. The van der Waals surface area contributed by atoms with Crippen LogP contribution in [0.3, 0.4) is 0 Å². The van der Waals surface area contributed by atoms with Gasteiger partial charge in [-0.15, -0.1) is 0 Å². The van der Waals surface area contributed by atoms with E-state index in [9.17, 15) is 17.6 Å². The molecule has 0 aliphatic carbocycles. The number of piperazine rings is 1. The van der Waals surface area contributed by atoms with Crippen molar-refractivity contribution in [3.63, 3.8) is 0 Å². The highest BCUT2D eigenvalue weighted by atomic mass is 32.2. The summed E-state index contributed by atoms with van der Waals surface area (Å²) in [5.74, 6) is -0.532. The molecular weight excluding hydrogens is 465 g/mol. The van der Waals surface area contributed by atoms with E-state index in [1.807, 2.05) is 26.0 Å². The third kappa shape index (κ3) is 5.48. The highest BCUT2D eigenvalue weighted by Gasteiger charge is 2.31.